The molecule has 3 N–H and O–H groups in total. The van der Waals surface area contributed by atoms with E-state index in [9.17, 15) is 4.79 Å². The minimum Gasteiger partial charge on any atom is -0.449 e. The Labute approximate surface area is 81.5 Å². The van der Waals surface area contributed by atoms with Crippen LogP contribution in [-0.4, -0.2) is 12.5 Å². The maximum absolute atomic E-state index is 10.4. The number of carbonyl (C=O) groups is 1. The Morgan fingerprint density at radius 1 is 1.64 bits per heavy atom. The number of nitrogens with zero attached hydrogens (tertiary/aromatic N) is 1. The molecule has 0 unspecified atom stereocenters. The van der Waals surface area contributed by atoms with Gasteiger partial charge in [-0.2, -0.15) is 5.26 Å². The summed E-state index contributed by atoms with van der Waals surface area (Å²) in [6.07, 6.45) is 0.297. The smallest absolute Gasteiger partial charge is 0.218 e. The molecule has 1 aromatic rings. The van der Waals surface area contributed by atoms with E-state index in [0.29, 0.717) is 25.3 Å². The molecule has 0 saturated heterocycles. The highest BCUT2D eigenvalue weighted by atomic mass is 16.3. The first kappa shape index (κ1) is 10.3. The number of nitriles is 1. The van der Waals surface area contributed by atoms with E-state index in [0.717, 1.165) is 0 Å². The van der Waals surface area contributed by atoms with Gasteiger partial charge in [-0.25, -0.2) is 0 Å². The first-order valence-electron chi connectivity index (χ1n) is 4.20. The van der Waals surface area contributed by atoms with Gasteiger partial charge in [0.1, 0.15) is 11.8 Å². The summed E-state index contributed by atoms with van der Waals surface area (Å²) < 4.78 is 5.10. The van der Waals surface area contributed by atoms with Gasteiger partial charge in [0.2, 0.25) is 11.7 Å². The van der Waals surface area contributed by atoms with Gasteiger partial charge in [0.15, 0.2) is 0 Å². The van der Waals surface area contributed by atoms with Gasteiger partial charge in [0.25, 0.3) is 0 Å². The summed E-state index contributed by atoms with van der Waals surface area (Å²) in [6.45, 7) is 1.01. The van der Waals surface area contributed by atoms with Crippen LogP contribution in [0, 0.1) is 11.3 Å². The average molecular weight is 193 g/mol. The lowest BCUT2D eigenvalue weighted by Crippen LogP contribution is -2.21. The number of hydrogen-bond donors (Lipinski definition) is 2. The maximum Gasteiger partial charge on any atom is 0.218 e. The number of rotatable bonds is 5. The predicted octanol–water partition coefficient (Wildman–Crippen LogP) is 0.116. The fourth-order valence-corrected chi connectivity index (χ4v) is 0.956. The molecule has 0 atom stereocenters. The first-order valence-corrected chi connectivity index (χ1v) is 4.20. The van der Waals surface area contributed by atoms with Crippen LogP contribution in [0.4, 0.5) is 0 Å². The van der Waals surface area contributed by atoms with E-state index in [1.807, 2.05) is 6.07 Å². The van der Waals surface area contributed by atoms with Crippen LogP contribution in [0.2, 0.25) is 0 Å². The van der Waals surface area contributed by atoms with Crippen LogP contribution < -0.4 is 11.1 Å². The standard InChI is InChI=1S/C9H11N3O2/c10-5-7-1-2-8(14-7)6-12-4-3-9(11)13/h1-2,12H,3-4,6H2,(H2,11,13). The van der Waals surface area contributed by atoms with E-state index >= 15 is 0 Å². The first-order chi connectivity index (χ1) is 6.72. The van der Waals surface area contributed by atoms with Crippen molar-refractivity contribution < 1.29 is 9.21 Å². The normalized spacial score (nSPS) is 9.64. The Morgan fingerprint density at radius 2 is 2.43 bits per heavy atom. The minimum atomic E-state index is -0.338. The average Bonchev–Trinajstić information content (AvgIpc) is 2.60. The van der Waals surface area contributed by atoms with Crippen molar-refractivity contribution in [3.63, 3.8) is 0 Å². The maximum atomic E-state index is 10.4. The quantitative estimate of drug-likeness (QED) is 0.649. The van der Waals surface area contributed by atoms with E-state index in [1.165, 1.54) is 0 Å². The van der Waals surface area contributed by atoms with E-state index in [2.05, 4.69) is 5.32 Å². The lowest BCUT2D eigenvalue weighted by molar-refractivity contribution is -0.117. The zero-order valence-electron chi connectivity index (χ0n) is 7.62. The fraction of sp³-hybridized carbons (Fsp3) is 0.333. The molecule has 1 heterocycles. The fourth-order valence-electron chi connectivity index (χ4n) is 0.956. The van der Waals surface area contributed by atoms with E-state index in [1.54, 1.807) is 12.1 Å². The molecule has 0 aliphatic carbocycles. The van der Waals surface area contributed by atoms with Crippen molar-refractivity contribution in [2.45, 2.75) is 13.0 Å². The second-order valence-electron chi connectivity index (χ2n) is 2.77. The van der Waals surface area contributed by atoms with Crippen LogP contribution >= 0.6 is 0 Å². The van der Waals surface area contributed by atoms with Gasteiger partial charge in [0.05, 0.1) is 6.54 Å². The van der Waals surface area contributed by atoms with Crippen LogP contribution in [0.25, 0.3) is 0 Å². The van der Waals surface area contributed by atoms with Crippen LogP contribution in [0.15, 0.2) is 16.5 Å². The van der Waals surface area contributed by atoms with Gasteiger partial charge in [-0.3, -0.25) is 4.79 Å². The van der Waals surface area contributed by atoms with Gasteiger partial charge in [0, 0.05) is 13.0 Å². The van der Waals surface area contributed by atoms with Crippen molar-refractivity contribution >= 4 is 5.91 Å². The van der Waals surface area contributed by atoms with Crippen molar-refractivity contribution in [1.82, 2.24) is 5.32 Å². The number of primary amides is 1. The second-order valence-corrected chi connectivity index (χ2v) is 2.77. The van der Waals surface area contributed by atoms with E-state index in [-0.39, 0.29) is 11.7 Å². The number of nitrogens with two attached hydrogens (primary N) is 1. The van der Waals surface area contributed by atoms with Crippen LogP contribution in [0.3, 0.4) is 0 Å². The third kappa shape index (κ3) is 3.29. The molecule has 1 rings (SSSR count). The van der Waals surface area contributed by atoms with Crippen LogP contribution in [-0.2, 0) is 11.3 Å². The summed E-state index contributed by atoms with van der Waals surface area (Å²) in [5.41, 5.74) is 4.95. The molecule has 0 aromatic carbocycles. The third-order valence-corrected chi connectivity index (χ3v) is 1.62. The molecule has 1 amide bonds. The molecule has 0 aliphatic rings. The highest BCUT2D eigenvalue weighted by molar-refractivity contribution is 5.73. The minimum absolute atomic E-state index is 0.289. The summed E-state index contributed by atoms with van der Waals surface area (Å²) in [5, 5.41) is 11.4. The van der Waals surface area contributed by atoms with Crippen LogP contribution in [0.5, 0.6) is 0 Å². The SMILES string of the molecule is N#Cc1ccc(CNCCC(N)=O)o1. The summed E-state index contributed by atoms with van der Waals surface area (Å²) in [6, 6.07) is 5.21. The van der Waals surface area contributed by atoms with E-state index in [4.69, 9.17) is 15.4 Å². The lowest BCUT2D eigenvalue weighted by atomic mass is 10.4. The van der Waals surface area contributed by atoms with Gasteiger partial charge in [-0.15, -0.1) is 0 Å². The topological polar surface area (TPSA) is 92.0 Å². The molecule has 0 fully saturated rings. The highest BCUT2D eigenvalue weighted by Crippen LogP contribution is 2.05. The van der Waals surface area contributed by atoms with Crippen molar-refractivity contribution in [1.29, 1.82) is 5.26 Å². The molecule has 5 heteroatoms. The molecule has 1 aromatic heterocycles. The predicted molar refractivity (Wildman–Crippen MR) is 48.9 cm³/mol. The van der Waals surface area contributed by atoms with Crippen molar-refractivity contribution in [3.8, 4) is 6.07 Å². The van der Waals surface area contributed by atoms with Gasteiger partial charge in [-0.05, 0) is 12.1 Å². The molecule has 0 saturated carbocycles. The third-order valence-electron chi connectivity index (χ3n) is 1.62. The molecule has 0 bridgehead atoms. The molecule has 0 spiro atoms. The molecule has 0 radical (unpaired) electrons. The van der Waals surface area contributed by atoms with Gasteiger partial charge >= 0.3 is 0 Å². The molecule has 14 heavy (non-hydrogen) atoms. The van der Waals surface area contributed by atoms with Crippen molar-refractivity contribution in [3.05, 3.63) is 23.7 Å². The molecular formula is C9H11N3O2. The highest BCUT2D eigenvalue weighted by Gasteiger charge is 2.00. The molecule has 5 nitrogen and oxygen atoms in total. The Bertz CT molecular complexity index is 351. The van der Waals surface area contributed by atoms with Gasteiger partial charge in [-0.1, -0.05) is 0 Å². The number of furan rings is 1. The monoisotopic (exact) mass is 193 g/mol. The Morgan fingerprint density at radius 3 is 3.00 bits per heavy atom. The summed E-state index contributed by atoms with van der Waals surface area (Å²) in [7, 11) is 0. The van der Waals surface area contributed by atoms with E-state index < -0.39 is 0 Å². The second kappa shape index (κ2) is 5.04. The largest absolute Gasteiger partial charge is 0.449 e. The lowest BCUT2D eigenvalue weighted by Gasteiger charge is -1.99. The van der Waals surface area contributed by atoms with Crippen molar-refractivity contribution in [2.75, 3.05) is 6.54 Å². The molecule has 74 valence electrons. The molecular weight excluding hydrogens is 182 g/mol. The number of carbonyl (C=O) groups excluding carboxylic acids is 1. The number of amides is 1. The Balaban J connectivity index is 2.25. The van der Waals surface area contributed by atoms with Crippen LogP contribution in [0.1, 0.15) is 17.9 Å². The summed E-state index contributed by atoms with van der Waals surface area (Å²) in [4.78, 5) is 10.4. The number of nitrogens with one attached hydrogen (secondary N) is 1. The Hall–Kier alpha value is -1.80. The Kier molecular flexibility index (Phi) is 3.70. The molecule has 0 aliphatic heterocycles. The zero-order chi connectivity index (χ0) is 10.4. The number of hydrogen-bond acceptors (Lipinski definition) is 4. The summed E-state index contributed by atoms with van der Waals surface area (Å²) in [5.74, 6) is 0.623. The van der Waals surface area contributed by atoms with Gasteiger partial charge < -0.3 is 15.5 Å². The zero-order valence-corrected chi connectivity index (χ0v) is 7.62. The summed E-state index contributed by atoms with van der Waals surface area (Å²) >= 11 is 0. The van der Waals surface area contributed by atoms with Crippen molar-refractivity contribution in [2.24, 2.45) is 5.73 Å².